The standard InChI is InChI=1S/C31H33F2N7O/c32-23-5-6-26(33)25(17-23)28-2-1-10-40(28)30(35)7-8-31-36-19-27(37-31)21-3-4-22(18-34)29(16-21)39-11-9-24(20-39)38-12-14-41-15-13-38/h3-8,16-17,19,24,28,35H,1-2,9-15,20H2,(H,36,37)/b8-7-,35-30?. The fourth-order valence-electron chi connectivity index (χ4n) is 6.23. The minimum atomic E-state index is -0.481. The number of rotatable bonds is 6. The van der Waals surface area contributed by atoms with Crippen LogP contribution >= 0.6 is 0 Å². The number of aromatic amines is 1. The molecule has 212 valence electrons. The minimum Gasteiger partial charge on any atom is -0.379 e. The van der Waals surface area contributed by atoms with Gasteiger partial charge in [-0.05, 0) is 61.7 Å². The van der Waals surface area contributed by atoms with Gasteiger partial charge < -0.3 is 19.5 Å². The lowest BCUT2D eigenvalue weighted by Gasteiger charge is -2.32. The molecule has 2 aromatic carbocycles. The first-order valence-electron chi connectivity index (χ1n) is 14.1. The summed E-state index contributed by atoms with van der Waals surface area (Å²) in [6, 6.07) is 11.7. The third-order valence-electron chi connectivity index (χ3n) is 8.37. The molecule has 2 unspecified atom stereocenters. The van der Waals surface area contributed by atoms with E-state index in [0.29, 0.717) is 30.4 Å². The highest BCUT2D eigenvalue weighted by molar-refractivity contribution is 5.94. The Balaban J connectivity index is 1.15. The normalized spacial score (nSPS) is 21.6. The SMILES string of the molecule is N#Cc1ccc(-c2cnc(/C=C\C(=N)N3CCCC3c3cc(F)ccc3F)[nH]2)cc1N1CCC(N2CCOCC2)C1. The fourth-order valence-corrected chi connectivity index (χ4v) is 6.23. The number of likely N-dealkylation sites (tertiary alicyclic amines) is 1. The summed E-state index contributed by atoms with van der Waals surface area (Å²) in [5, 5.41) is 18.4. The maximum absolute atomic E-state index is 14.4. The monoisotopic (exact) mass is 557 g/mol. The zero-order valence-corrected chi connectivity index (χ0v) is 22.8. The number of hydrogen-bond donors (Lipinski definition) is 2. The van der Waals surface area contributed by atoms with Gasteiger partial charge in [-0.3, -0.25) is 10.3 Å². The number of benzene rings is 2. The molecule has 0 saturated carbocycles. The summed E-state index contributed by atoms with van der Waals surface area (Å²) in [6.07, 6.45) is 7.62. The Morgan fingerprint density at radius 1 is 1.10 bits per heavy atom. The van der Waals surface area contributed by atoms with Crippen LogP contribution in [0.1, 0.15) is 42.3 Å². The van der Waals surface area contributed by atoms with Gasteiger partial charge in [0, 0.05) is 49.9 Å². The molecule has 0 radical (unpaired) electrons. The van der Waals surface area contributed by atoms with Gasteiger partial charge in [0.05, 0.1) is 42.4 Å². The van der Waals surface area contributed by atoms with E-state index in [1.165, 1.54) is 6.07 Å². The molecule has 2 atom stereocenters. The third-order valence-corrected chi connectivity index (χ3v) is 8.37. The maximum atomic E-state index is 14.4. The van der Waals surface area contributed by atoms with E-state index in [4.69, 9.17) is 10.1 Å². The van der Waals surface area contributed by atoms with Crippen LogP contribution in [0.2, 0.25) is 0 Å². The van der Waals surface area contributed by atoms with Crippen LogP contribution in [0.3, 0.4) is 0 Å². The topological polar surface area (TPSA) is 95.3 Å². The van der Waals surface area contributed by atoms with Gasteiger partial charge in [0.1, 0.15) is 29.4 Å². The second-order valence-corrected chi connectivity index (χ2v) is 10.8. The van der Waals surface area contributed by atoms with E-state index in [2.05, 4.69) is 25.8 Å². The van der Waals surface area contributed by atoms with Crippen molar-refractivity contribution < 1.29 is 13.5 Å². The van der Waals surface area contributed by atoms with Crippen LogP contribution in [0.25, 0.3) is 17.3 Å². The van der Waals surface area contributed by atoms with Gasteiger partial charge in [0.25, 0.3) is 0 Å². The predicted molar refractivity (Wildman–Crippen MR) is 154 cm³/mol. The summed E-state index contributed by atoms with van der Waals surface area (Å²) >= 11 is 0. The van der Waals surface area contributed by atoms with Crippen molar-refractivity contribution in [3.05, 3.63) is 77.3 Å². The van der Waals surface area contributed by atoms with Crippen molar-refractivity contribution in [3.8, 4) is 17.3 Å². The number of aromatic nitrogens is 2. The summed E-state index contributed by atoms with van der Waals surface area (Å²) in [6.45, 7) is 5.83. The van der Waals surface area contributed by atoms with E-state index in [0.717, 1.165) is 81.3 Å². The molecule has 0 amide bonds. The molecule has 4 heterocycles. The van der Waals surface area contributed by atoms with Crippen LogP contribution in [0.4, 0.5) is 14.5 Å². The number of H-pyrrole nitrogens is 1. The van der Waals surface area contributed by atoms with Crippen molar-refractivity contribution in [2.75, 3.05) is 50.8 Å². The second kappa shape index (κ2) is 11.8. The van der Waals surface area contributed by atoms with E-state index in [9.17, 15) is 14.0 Å². The van der Waals surface area contributed by atoms with Gasteiger partial charge in [-0.15, -0.1) is 0 Å². The predicted octanol–water partition coefficient (Wildman–Crippen LogP) is 4.97. The molecule has 1 aromatic heterocycles. The molecule has 0 bridgehead atoms. The molecule has 8 nitrogen and oxygen atoms in total. The van der Waals surface area contributed by atoms with Gasteiger partial charge in [0.2, 0.25) is 0 Å². The van der Waals surface area contributed by atoms with Gasteiger partial charge >= 0.3 is 0 Å². The first-order chi connectivity index (χ1) is 20.0. The molecule has 2 N–H and O–H groups in total. The number of nitrogens with zero attached hydrogens (tertiary/aromatic N) is 5. The van der Waals surface area contributed by atoms with Crippen molar-refractivity contribution in [3.63, 3.8) is 0 Å². The molecule has 6 rings (SSSR count). The average molecular weight is 558 g/mol. The Labute approximate surface area is 238 Å². The quantitative estimate of drug-likeness (QED) is 0.329. The van der Waals surface area contributed by atoms with Crippen LogP contribution < -0.4 is 4.90 Å². The van der Waals surface area contributed by atoms with E-state index in [1.54, 1.807) is 23.2 Å². The molecule has 41 heavy (non-hydrogen) atoms. The summed E-state index contributed by atoms with van der Waals surface area (Å²) in [5.41, 5.74) is 3.61. The highest BCUT2D eigenvalue weighted by Gasteiger charge is 2.31. The average Bonchev–Trinajstić information content (AvgIpc) is 3.79. The lowest BCUT2D eigenvalue weighted by Crippen LogP contribution is -2.44. The third kappa shape index (κ3) is 5.73. The summed E-state index contributed by atoms with van der Waals surface area (Å²) in [4.78, 5) is 14.4. The number of nitriles is 1. The fraction of sp³-hybridized carbons (Fsp3) is 0.387. The van der Waals surface area contributed by atoms with Crippen molar-refractivity contribution in [1.82, 2.24) is 19.8 Å². The Hall–Kier alpha value is -4.07. The number of nitrogens with one attached hydrogen (secondary N) is 2. The molecule has 0 spiro atoms. The molecule has 3 fully saturated rings. The van der Waals surface area contributed by atoms with Crippen molar-refractivity contribution in [2.45, 2.75) is 31.3 Å². The molecule has 3 aliphatic heterocycles. The molecular formula is C31H33F2N7O. The van der Waals surface area contributed by atoms with E-state index in [1.807, 2.05) is 18.2 Å². The van der Waals surface area contributed by atoms with Crippen LogP contribution in [-0.4, -0.2) is 77.6 Å². The Kier molecular flexibility index (Phi) is 7.81. The maximum Gasteiger partial charge on any atom is 0.130 e. The summed E-state index contributed by atoms with van der Waals surface area (Å²) in [5.74, 6) is -0.135. The second-order valence-electron chi connectivity index (χ2n) is 10.8. The van der Waals surface area contributed by atoms with Gasteiger partial charge in [-0.25, -0.2) is 13.8 Å². The van der Waals surface area contributed by atoms with E-state index >= 15 is 0 Å². The van der Waals surface area contributed by atoms with E-state index in [-0.39, 0.29) is 17.4 Å². The molecule has 3 aliphatic rings. The van der Waals surface area contributed by atoms with Crippen molar-refractivity contribution >= 4 is 17.6 Å². The number of imidazole rings is 1. The number of amidine groups is 1. The van der Waals surface area contributed by atoms with Gasteiger partial charge in [0.15, 0.2) is 0 Å². The molecule has 3 saturated heterocycles. The van der Waals surface area contributed by atoms with Crippen molar-refractivity contribution in [1.29, 1.82) is 10.7 Å². The highest BCUT2D eigenvalue weighted by Crippen LogP contribution is 2.34. The minimum absolute atomic E-state index is 0.221. The smallest absolute Gasteiger partial charge is 0.130 e. The molecule has 3 aromatic rings. The Morgan fingerprint density at radius 2 is 1.95 bits per heavy atom. The first kappa shape index (κ1) is 27.1. The number of halogens is 2. The van der Waals surface area contributed by atoms with Gasteiger partial charge in [-0.1, -0.05) is 6.07 Å². The number of anilines is 1. The molecular weight excluding hydrogens is 524 g/mol. The summed E-state index contributed by atoms with van der Waals surface area (Å²) in [7, 11) is 0. The number of ether oxygens (including phenoxy) is 1. The molecule has 0 aliphatic carbocycles. The van der Waals surface area contributed by atoms with Gasteiger partial charge in [-0.2, -0.15) is 5.26 Å². The first-order valence-corrected chi connectivity index (χ1v) is 14.1. The molecule has 10 heteroatoms. The Morgan fingerprint density at radius 3 is 2.78 bits per heavy atom. The largest absolute Gasteiger partial charge is 0.379 e. The lowest BCUT2D eigenvalue weighted by atomic mass is 10.0. The zero-order valence-electron chi connectivity index (χ0n) is 22.8. The van der Waals surface area contributed by atoms with Crippen LogP contribution in [0.15, 0.2) is 48.7 Å². The van der Waals surface area contributed by atoms with Crippen LogP contribution in [0.5, 0.6) is 0 Å². The van der Waals surface area contributed by atoms with Crippen molar-refractivity contribution in [2.24, 2.45) is 0 Å². The van der Waals surface area contributed by atoms with Crippen LogP contribution in [0, 0.1) is 28.4 Å². The van der Waals surface area contributed by atoms with Crippen LogP contribution in [-0.2, 0) is 4.74 Å². The summed E-state index contributed by atoms with van der Waals surface area (Å²) < 4.78 is 33.7. The highest BCUT2D eigenvalue weighted by atomic mass is 19.1. The lowest BCUT2D eigenvalue weighted by molar-refractivity contribution is 0.0209. The zero-order chi connectivity index (χ0) is 28.3. The Bertz CT molecular complexity index is 1490. The number of morpholine rings is 1. The number of hydrogen-bond acceptors (Lipinski definition) is 6. The van der Waals surface area contributed by atoms with E-state index < -0.39 is 11.6 Å².